The second-order valence-corrected chi connectivity index (χ2v) is 4.32. The van der Waals surface area contributed by atoms with Crippen LogP contribution in [0.15, 0.2) is 59.3 Å². The summed E-state index contributed by atoms with van der Waals surface area (Å²) in [6.45, 7) is 0. The van der Waals surface area contributed by atoms with Crippen LogP contribution in [0.5, 0.6) is 0 Å². The van der Waals surface area contributed by atoms with Crippen LogP contribution in [0.2, 0.25) is 0 Å². The standard InChI is InChI=1S/C15H14N4O/c1-16-13(11-6-3-2-4-7-11)15-19-18-14(20-15)12-8-5-9-17-10-12/h2-10,13,16H,1H3. The fourth-order valence-electron chi connectivity index (χ4n) is 2.04. The second-order valence-electron chi connectivity index (χ2n) is 4.32. The summed E-state index contributed by atoms with van der Waals surface area (Å²) >= 11 is 0. The van der Waals surface area contributed by atoms with Crippen LogP contribution in [0.1, 0.15) is 17.5 Å². The lowest BCUT2D eigenvalue weighted by molar-refractivity contribution is 0.456. The van der Waals surface area contributed by atoms with Gasteiger partial charge in [0.15, 0.2) is 0 Å². The first-order valence-corrected chi connectivity index (χ1v) is 6.34. The van der Waals surface area contributed by atoms with Crippen LogP contribution in [-0.2, 0) is 0 Å². The molecule has 1 aromatic carbocycles. The molecule has 5 heteroatoms. The SMILES string of the molecule is CNC(c1ccccc1)c1nnc(-c2cccnc2)o1. The lowest BCUT2D eigenvalue weighted by atomic mass is 10.1. The summed E-state index contributed by atoms with van der Waals surface area (Å²) in [5.74, 6) is 1.02. The van der Waals surface area contributed by atoms with Gasteiger partial charge in [0.2, 0.25) is 11.8 Å². The number of aromatic nitrogens is 3. The Hall–Kier alpha value is -2.53. The zero-order valence-corrected chi connectivity index (χ0v) is 11.0. The van der Waals surface area contributed by atoms with Gasteiger partial charge in [0.25, 0.3) is 0 Å². The number of nitrogens with one attached hydrogen (secondary N) is 1. The summed E-state index contributed by atoms with van der Waals surface area (Å²) in [7, 11) is 1.87. The molecule has 3 rings (SSSR count). The second kappa shape index (κ2) is 5.63. The molecule has 2 heterocycles. The van der Waals surface area contributed by atoms with Crippen molar-refractivity contribution in [2.75, 3.05) is 7.05 Å². The predicted octanol–water partition coefficient (Wildman–Crippen LogP) is 2.44. The third-order valence-corrected chi connectivity index (χ3v) is 3.02. The van der Waals surface area contributed by atoms with Crippen LogP contribution >= 0.6 is 0 Å². The molecule has 0 aliphatic carbocycles. The van der Waals surface area contributed by atoms with Crippen LogP contribution < -0.4 is 5.32 Å². The van der Waals surface area contributed by atoms with Crippen molar-refractivity contribution < 1.29 is 4.42 Å². The smallest absolute Gasteiger partial charge is 0.249 e. The molecule has 2 aromatic heterocycles. The molecular weight excluding hydrogens is 252 g/mol. The molecule has 1 N–H and O–H groups in total. The highest BCUT2D eigenvalue weighted by atomic mass is 16.4. The predicted molar refractivity (Wildman–Crippen MR) is 74.9 cm³/mol. The molecule has 1 unspecified atom stereocenters. The van der Waals surface area contributed by atoms with Gasteiger partial charge in [-0.25, -0.2) is 0 Å². The number of nitrogens with zero attached hydrogens (tertiary/aromatic N) is 3. The first-order valence-electron chi connectivity index (χ1n) is 6.34. The Kier molecular flexibility index (Phi) is 3.52. The zero-order valence-electron chi connectivity index (χ0n) is 11.0. The fourth-order valence-corrected chi connectivity index (χ4v) is 2.04. The molecule has 1 atom stereocenters. The maximum absolute atomic E-state index is 5.75. The molecule has 0 aliphatic heterocycles. The zero-order chi connectivity index (χ0) is 13.8. The highest BCUT2D eigenvalue weighted by Gasteiger charge is 2.19. The largest absolute Gasteiger partial charge is 0.419 e. The molecule has 0 bridgehead atoms. The maximum Gasteiger partial charge on any atom is 0.249 e. The van der Waals surface area contributed by atoms with Crippen LogP contribution in [0.4, 0.5) is 0 Å². The van der Waals surface area contributed by atoms with Gasteiger partial charge < -0.3 is 9.73 Å². The summed E-state index contributed by atoms with van der Waals surface area (Å²) in [5, 5.41) is 11.4. The summed E-state index contributed by atoms with van der Waals surface area (Å²) in [6.07, 6.45) is 3.41. The van der Waals surface area contributed by atoms with Gasteiger partial charge in [-0.15, -0.1) is 10.2 Å². The Morgan fingerprint density at radius 3 is 2.60 bits per heavy atom. The summed E-state index contributed by atoms with van der Waals surface area (Å²) in [5.41, 5.74) is 1.89. The molecule has 0 fully saturated rings. The number of benzene rings is 1. The van der Waals surface area contributed by atoms with Gasteiger partial charge in [-0.2, -0.15) is 0 Å². The first-order chi connectivity index (χ1) is 9.88. The summed E-state index contributed by atoms with van der Waals surface area (Å²) in [4.78, 5) is 4.05. The van der Waals surface area contributed by atoms with E-state index < -0.39 is 0 Å². The minimum absolute atomic E-state index is 0.117. The molecule has 3 aromatic rings. The molecule has 0 saturated carbocycles. The van der Waals surface area contributed by atoms with Gasteiger partial charge in [0.1, 0.15) is 6.04 Å². The van der Waals surface area contributed by atoms with Gasteiger partial charge in [-0.3, -0.25) is 4.98 Å². The minimum atomic E-state index is -0.117. The molecule has 0 saturated heterocycles. The number of rotatable bonds is 4. The van der Waals surface area contributed by atoms with Gasteiger partial charge in [0, 0.05) is 12.4 Å². The fraction of sp³-hybridized carbons (Fsp3) is 0.133. The average molecular weight is 266 g/mol. The molecule has 20 heavy (non-hydrogen) atoms. The number of hydrogen-bond donors (Lipinski definition) is 1. The van der Waals surface area contributed by atoms with Crippen LogP contribution in [0.3, 0.4) is 0 Å². The van der Waals surface area contributed by atoms with Crippen molar-refractivity contribution in [2.45, 2.75) is 6.04 Å². The van der Waals surface area contributed by atoms with E-state index in [0.717, 1.165) is 11.1 Å². The summed E-state index contributed by atoms with van der Waals surface area (Å²) in [6, 6.07) is 13.6. The van der Waals surface area contributed by atoms with E-state index in [1.54, 1.807) is 12.4 Å². The quantitative estimate of drug-likeness (QED) is 0.785. The van der Waals surface area contributed by atoms with Crippen molar-refractivity contribution in [3.8, 4) is 11.5 Å². The first kappa shape index (κ1) is 12.5. The molecule has 5 nitrogen and oxygen atoms in total. The molecule has 100 valence electrons. The normalized spacial score (nSPS) is 12.2. The number of pyridine rings is 1. The van der Waals surface area contributed by atoms with E-state index in [4.69, 9.17) is 4.42 Å². The van der Waals surface area contributed by atoms with Crippen molar-refractivity contribution in [2.24, 2.45) is 0 Å². The molecule has 0 spiro atoms. The van der Waals surface area contributed by atoms with E-state index in [9.17, 15) is 0 Å². The number of hydrogen-bond acceptors (Lipinski definition) is 5. The highest BCUT2D eigenvalue weighted by Crippen LogP contribution is 2.23. The van der Waals surface area contributed by atoms with Gasteiger partial charge >= 0.3 is 0 Å². The lowest BCUT2D eigenvalue weighted by Gasteiger charge is -2.11. The van der Waals surface area contributed by atoms with E-state index in [1.165, 1.54) is 0 Å². The van der Waals surface area contributed by atoms with Crippen molar-refractivity contribution in [1.82, 2.24) is 20.5 Å². The Bertz CT molecular complexity index is 667. The van der Waals surface area contributed by atoms with Crippen molar-refractivity contribution in [1.29, 1.82) is 0 Å². The minimum Gasteiger partial charge on any atom is -0.419 e. The lowest BCUT2D eigenvalue weighted by Crippen LogP contribution is -2.17. The topological polar surface area (TPSA) is 63.8 Å². The summed E-state index contributed by atoms with van der Waals surface area (Å²) < 4.78 is 5.75. The van der Waals surface area contributed by atoms with Crippen LogP contribution in [0, 0.1) is 0 Å². The average Bonchev–Trinajstić information content (AvgIpc) is 3.00. The van der Waals surface area contributed by atoms with Crippen LogP contribution in [0.25, 0.3) is 11.5 Å². The third kappa shape index (κ3) is 2.44. The Morgan fingerprint density at radius 2 is 1.90 bits per heavy atom. The van der Waals surface area contributed by atoms with Crippen LogP contribution in [-0.4, -0.2) is 22.2 Å². The van der Waals surface area contributed by atoms with Gasteiger partial charge in [-0.05, 0) is 24.7 Å². The van der Waals surface area contributed by atoms with E-state index in [2.05, 4.69) is 20.5 Å². The van der Waals surface area contributed by atoms with E-state index >= 15 is 0 Å². The Labute approximate surface area is 116 Å². The highest BCUT2D eigenvalue weighted by molar-refractivity contribution is 5.50. The van der Waals surface area contributed by atoms with Gasteiger partial charge in [0.05, 0.1) is 5.56 Å². The van der Waals surface area contributed by atoms with E-state index in [-0.39, 0.29) is 6.04 Å². The van der Waals surface area contributed by atoms with Gasteiger partial charge in [-0.1, -0.05) is 30.3 Å². The Balaban J connectivity index is 1.93. The maximum atomic E-state index is 5.75. The monoisotopic (exact) mass is 266 g/mol. The van der Waals surface area contributed by atoms with Crippen molar-refractivity contribution in [3.63, 3.8) is 0 Å². The molecule has 0 amide bonds. The Morgan fingerprint density at radius 1 is 1.05 bits per heavy atom. The van der Waals surface area contributed by atoms with Crippen molar-refractivity contribution >= 4 is 0 Å². The van der Waals surface area contributed by atoms with Crippen molar-refractivity contribution in [3.05, 3.63) is 66.3 Å². The third-order valence-electron chi connectivity index (χ3n) is 3.02. The molecule has 0 radical (unpaired) electrons. The van der Waals surface area contributed by atoms with E-state index in [0.29, 0.717) is 11.8 Å². The molecular formula is C15H14N4O. The van der Waals surface area contributed by atoms with E-state index in [1.807, 2.05) is 49.5 Å². The molecule has 0 aliphatic rings.